The molecule has 0 unspecified atom stereocenters. The Morgan fingerprint density at radius 2 is 1.76 bits per heavy atom. The van der Waals surface area contributed by atoms with Crippen LogP contribution in [-0.2, 0) is 4.79 Å². The highest BCUT2D eigenvalue weighted by Gasteiger charge is 2.19. The van der Waals surface area contributed by atoms with Crippen LogP contribution in [0.4, 0.5) is 10.1 Å². The van der Waals surface area contributed by atoms with Crippen molar-refractivity contribution in [2.45, 2.75) is 26.7 Å². The molecule has 1 amide bonds. The third-order valence-electron chi connectivity index (χ3n) is 7.27. The smallest absolute Gasteiger partial charge is 0.282 e. The second kappa shape index (κ2) is 13.8. The lowest BCUT2D eigenvalue weighted by atomic mass is 9.96. The molecule has 0 aliphatic rings. The molecule has 1 N–H and O–H groups in total. The normalized spacial score (nSPS) is 11.3. The summed E-state index contributed by atoms with van der Waals surface area (Å²) in [6.45, 7) is 5.55. The van der Waals surface area contributed by atoms with Crippen molar-refractivity contribution in [1.29, 1.82) is 0 Å². The van der Waals surface area contributed by atoms with Crippen molar-refractivity contribution in [3.63, 3.8) is 0 Å². The number of rotatable bonds is 10. The molecule has 0 saturated carbocycles. The summed E-state index contributed by atoms with van der Waals surface area (Å²) in [6, 6.07) is 19.8. The quantitative estimate of drug-likeness (QED) is 0.162. The zero-order valence-electron chi connectivity index (χ0n) is 25.9. The highest BCUT2D eigenvalue weighted by molar-refractivity contribution is 6.31. The molecule has 1 heterocycles. The zero-order valence-corrected chi connectivity index (χ0v) is 26.7. The summed E-state index contributed by atoms with van der Waals surface area (Å²) >= 11 is 6.39. The maximum Gasteiger partial charge on any atom is 0.282 e. The second-order valence-electron chi connectivity index (χ2n) is 10.7. The van der Waals surface area contributed by atoms with Gasteiger partial charge in [0.1, 0.15) is 11.6 Å². The van der Waals surface area contributed by atoms with Crippen LogP contribution in [0.5, 0.6) is 17.2 Å². The molecule has 0 fully saturated rings. The van der Waals surface area contributed by atoms with Crippen LogP contribution < -0.4 is 25.1 Å². The first-order chi connectivity index (χ1) is 22.1. The molecule has 0 saturated heterocycles. The molecule has 0 radical (unpaired) electrons. The molecule has 236 valence electrons. The van der Waals surface area contributed by atoms with Gasteiger partial charge in [-0.05, 0) is 66.4 Å². The van der Waals surface area contributed by atoms with E-state index < -0.39 is 18.3 Å². The van der Waals surface area contributed by atoms with E-state index in [1.54, 1.807) is 37.4 Å². The van der Waals surface area contributed by atoms with Crippen LogP contribution in [0, 0.1) is 12.7 Å². The van der Waals surface area contributed by atoms with Crippen LogP contribution in [0.15, 0.2) is 82.7 Å². The van der Waals surface area contributed by atoms with E-state index in [1.807, 2.05) is 25.1 Å². The van der Waals surface area contributed by atoms with Crippen molar-refractivity contribution < 1.29 is 23.4 Å². The third kappa shape index (κ3) is 6.72. The molecular weight excluding hydrogens is 611 g/mol. The van der Waals surface area contributed by atoms with Gasteiger partial charge in [0.2, 0.25) is 0 Å². The number of carbonyl (C=O) groups is 1. The molecule has 1 aromatic heterocycles. The number of para-hydroxylation sites is 2. The highest BCUT2D eigenvalue weighted by atomic mass is 35.5. The topological polar surface area (TPSA) is 104 Å². The fourth-order valence-corrected chi connectivity index (χ4v) is 5.19. The number of hydrogen-bond acceptors (Lipinski definition) is 7. The molecule has 5 rings (SSSR count). The average Bonchev–Trinajstić information content (AvgIpc) is 3.04. The number of nitrogens with one attached hydrogen (secondary N) is 1. The largest absolute Gasteiger partial charge is 0.496 e. The Kier molecular flexibility index (Phi) is 9.67. The molecule has 0 aliphatic carbocycles. The standard InChI is InChI=1S/C35H32ClFN4O5/c1-20(2)25-17-26(21(3)14-30(25)44-4)34-40-28-12-8-6-10-24(28)35(43)41(34)38-18-22-15-23(36)16-31(45-5)33(22)46-19-32(42)39-29-13-9-7-11-27(29)37/h6-18,20H,19H2,1-5H3,(H,39,42). The van der Waals surface area contributed by atoms with Gasteiger partial charge in [-0.2, -0.15) is 9.78 Å². The number of carbonyl (C=O) groups excluding carboxylic acids is 1. The number of benzene rings is 4. The van der Waals surface area contributed by atoms with E-state index >= 15 is 0 Å². The van der Waals surface area contributed by atoms with Gasteiger partial charge in [-0.3, -0.25) is 9.59 Å². The van der Waals surface area contributed by atoms with Crippen molar-refractivity contribution >= 4 is 40.3 Å². The molecule has 46 heavy (non-hydrogen) atoms. The number of anilines is 1. The first-order valence-electron chi connectivity index (χ1n) is 14.4. The average molecular weight is 643 g/mol. The van der Waals surface area contributed by atoms with Crippen LogP contribution in [0.3, 0.4) is 0 Å². The molecule has 11 heteroatoms. The minimum atomic E-state index is -0.599. The summed E-state index contributed by atoms with van der Waals surface area (Å²) in [5, 5.41) is 7.75. The number of aryl methyl sites for hydroxylation is 1. The summed E-state index contributed by atoms with van der Waals surface area (Å²) in [4.78, 5) is 31.4. The number of ether oxygens (including phenoxy) is 3. The van der Waals surface area contributed by atoms with Crippen LogP contribution in [-0.4, -0.2) is 42.6 Å². The first-order valence-corrected chi connectivity index (χ1v) is 14.8. The third-order valence-corrected chi connectivity index (χ3v) is 7.49. The predicted molar refractivity (Wildman–Crippen MR) is 178 cm³/mol. The van der Waals surface area contributed by atoms with Crippen molar-refractivity contribution in [3.05, 3.63) is 111 Å². The number of methoxy groups -OCH3 is 2. The Labute approximate surface area is 270 Å². The summed E-state index contributed by atoms with van der Waals surface area (Å²) in [5.41, 5.74) is 2.96. The maximum atomic E-state index is 14.1. The maximum absolute atomic E-state index is 14.1. The Balaban J connectivity index is 1.60. The van der Waals surface area contributed by atoms with Gasteiger partial charge in [0, 0.05) is 22.2 Å². The number of fused-ring (bicyclic) bond motifs is 1. The summed E-state index contributed by atoms with van der Waals surface area (Å²) < 4.78 is 32.3. The number of aromatic nitrogens is 2. The van der Waals surface area contributed by atoms with E-state index in [2.05, 4.69) is 24.3 Å². The molecule has 0 bridgehead atoms. The lowest BCUT2D eigenvalue weighted by Crippen LogP contribution is -2.22. The van der Waals surface area contributed by atoms with Crippen LogP contribution >= 0.6 is 11.6 Å². The van der Waals surface area contributed by atoms with E-state index in [1.165, 1.54) is 42.3 Å². The molecule has 0 atom stereocenters. The number of nitrogens with zero attached hydrogens (tertiary/aromatic N) is 3. The predicted octanol–water partition coefficient (Wildman–Crippen LogP) is 7.20. The Morgan fingerprint density at radius 3 is 2.48 bits per heavy atom. The van der Waals surface area contributed by atoms with Gasteiger partial charge >= 0.3 is 0 Å². The fourth-order valence-electron chi connectivity index (χ4n) is 4.97. The monoisotopic (exact) mass is 642 g/mol. The molecule has 0 aliphatic heterocycles. The Hall–Kier alpha value is -5.22. The van der Waals surface area contributed by atoms with Crippen molar-refractivity contribution in [3.8, 4) is 28.6 Å². The molecule has 9 nitrogen and oxygen atoms in total. The Morgan fingerprint density at radius 1 is 1.04 bits per heavy atom. The van der Waals surface area contributed by atoms with E-state index in [9.17, 15) is 14.0 Å². The molecule has 4 aromatic carbocycles. The number of amides is 1. The zero-order chi connectivity index (χ0) is 33.0. The van der Waals surface area contributed by atoms with Gasteiger partial charge < -0.3 is 19.5 Å². The van der Waals surface area contributed by atoms with E-state index in [0.29, 0.717) is 32.9 Å². The van der Waals surface area contributed by atoms with Gasteiger partial charge in [-0.15, -0.1) is 0 Å². The molecule has 0 spiro atoms. The van der Waals surface area contributed by atoms with Crippen molar-refractivity contribution in [2.75, 3.05) is 26.1 Å². The summed E-state index contributed by atoms with van der Waals surface area (Å²) in [7, 11) is 3.05. The minimum Gasteiger partial charge on any atom is -0.496 e. The van der Waals surface area contributed by atoms with E-state index in [4.69, 9.17) is 30.8 Å². The van der Waals surface area contributed by atoms with Gasteiger partial charge in [0.15, 0.2) is 23.9 Å². The van der Waals surface area contributed by atoms with E-state index in [-0.39, 0.29) is 28.7 Å². The van der Waals surface area contributed by atoms with Crippen LogP contribution in [0.2, 0.25) is 5.02 Å². The first kappa shape index (κ1) is 32.2. The van der Waals surface area contributed by atoms with Crippen molar-refractivity contribution in [2.24, 2.45) is 5.10 Å². The SMILES string of the molecule is COc1cc(C)c(-c2nc3ccccc3c(=O)n2N=Cc2cc(Cl)cc(OC)c2OCC(=O)Nc2ccccc2F)cc1C(C)C. The highest BCUT2D eigenvalue weighted by Crippen LogP contribution is 2.36. The second-order valence-corrected chi connectivity index (χ2v) is 11.2. The molecule has 5 aromatic rings. The van der Waals surface area contributed by atoms with Gasteiger partial charge in [0.25, 0.3) is 11.5 Å². The minimum absolute atomic E-state index is 0.0196. The lowest BCUT2D eigenvalue weighted by molar-refractivity contribution is -0.118. The summed E-state index contributed by atoms with van der Waals surface area (Å²) in [6.07, 6.45) is 1.39. The van der Waals surface area contributed by atoms with Gasteiger partial charge in [0.05, 0.1) is 37.0 Å². The van der Waals surface area contributed by atoms with Crippen molar-refractivity contribution in [1.82, 2.24) is 9.66 Å². The Bertz CT molecular complexity index is 2030. The van der Waals surface area contributed by atoms with Crippen LogP contribution in [0.1, 0.15) is 36.5 Å². The van der Waals surface area contributed by atoms with E-state index in [0.717, 1.165) is 16.9 Å². The van der Waals surface area contributed by atoms with Gasteiger partial charge in [-0.1, -0.05) is 49.7 Å². The number of hydrogen-bond donors (Lipinski definition) is 1. The molecular formula is C35H32ClFN4O5. The lowest BCUT2D eigenvalue weighted by Gasteiger charge is -2.17. The number of halogens is 2. The summed E-state index contributed by atoms with van der Waals surface area (Å²) in [5.74, 6) is 0.384. The van der Waals surface area contributed by atoms with Gasteiger partial charge in [-0.25, -0.2) is 9.37 Å². The van der Waals surface area contributed by atoms with Crippen LogP contribution in [0.25, 0.3) is 22.3 Å². The fraction of sp³-hybridized carbons (Fsp3) is 0.200.